The Bertz CT molecular complexity index is 3000. The quantitative estimate of drug-likeness (QED) is 0.209. The topological polar surface area (TPSA) is 37.3 Å². The number of carbonyl (C=O) groups is 1. The van der Waals surface area contributed by atoms with Gasteiger partial charge in [-0.3, -0.25) is 0 Å². The van der Waals surface area contributed by atoms with Crippen LogP contribution in [0, 0.1) is 0 Å². The number of rotatable bonds is 1. The summed E-state index contributed by atoms with van der Waals surface area (Å²) in [4.78, 5) is 11.9. The Balaban J connectivity index is 1.27. The lowest BCUT2D eigenvalue weighted by molar-refractivity contribution is 0.0696. The van der Waals surface area contributed by atoms with Gasteiger partial charge < -0.3 is 5.11 Å². The molecule has 0 saturated heterocycles. The van der Waals surface area contributed by atoms with Crippen molar-refractivity contribution in [1.29, 1.82) is 0 Å². The molecule has 14 rings (SSSR count). The first-order valence-corrected chi connectivity index (χ1v) is 15.7. The van der Waals surface area contributed by atoms with Gasteiger partial charge in [-0.15, -0.1) is 0 Å². The van der Waals surface area contributed by atoms with Gasteiger partial charge in [0, 0.05) is 0 Å². The average molecular weight is 545 g/mol. The van der Waals surface area contributed by atoms with Crippen molar-refractivity contribution >= 4 is 92.1 Å². The van der Waals surface area contributed by atoms with Gasteiger partial charge in [0.15, 0.2) is 0 Å². The Morgan fingerprint density at radius 2 is 0.930 bits per heavy atom. The molecule has 196 valence electrons. The van der Waals surface area contributed by atoms with Gasteiger partial charge in [0.2, 0.25) is 0 Å². The van der Waals surface area contributed by atoms with Crippen LogP contribution < -0.4 is 0 Å². The summed E-state index contributed by atoms with van der Waals surface area (Å²) in [5.41, 5.74) is 12.1. The van der Waals surface area contributed by atoms with E-state index in [0.29, 0.717) is 17.4 Å². The van der Waals surface area contributed by atoms with Gasteiger partial charge in [-0.05, 0) is 180 Å². The normalized spacial score (nSPS) is 19.9. The van der Waals surface area contributed by atoms with Gasteiger partial charge in [-0.2, -0.15) is 0 Å². The number of fused-ring (bicyclic) bond motifs is 4. The first kappa shape index (κ1) is 20.0. The third-order valence-electron chi connectivity index (χ3n) is 12.8. The van der Waals surface area contributed by atoms with Gasteiger partial charge in [-0.25, -0.2) is 4.79 Å². The van der Waals surface area contributed by atoms with E-state index in [9.17, 15) is 9.90 Å². The van der Waals surface area contributed by atoms with Crippen LogP contribution in [0.4, 0.5) is 0 Å². The lowest BCUT2D eigenvalue weighted by atomic mass is 9.65. The number of carboxylic acid groups (broad SMARTS) is 1. The highest BCUT2D eigenvalue weighted by molar-refractivity contribution is 6.58. The predicted molar refractivity (Wildman–Crippen MR) is 174 cm³/mol. The molecule has 1 N–H and O–H groups in total. The third kappa shape index (κ3) is 1.75. The van der Waals surface area contributed by atoms with E-state index < -0.39 is 5.97 Å². The molecule has 0 bridgehead atoms. The highest BCUT2D eigenvalue weighted by Crippen LogP contribution is 2.65. The van der Waals surface area contributed by atoms with E-state index >= 15 is 0 Å². The molecule has 0 spiro atoms. The first-order valence-electron chi connectivity index (χ1n) is 15.7. The zero-order chi connectivity index (χ0) is 27.4. The van der Waals surface area contributed by atoms with Crippen LogP contribution >= 0.6 is 0 Å². The summed E-state index contributed by atoms with van der Waals surface area (Å²) in [5, 5.41) is 34.2. The second-order valence-corrected chi connectivity index (χ2v) is 14.3. The summed E-state index contributed by atoms with van der Waals surface area (Å²) < 4.78 is 0. The molecule has 2 atom stereocenters. The second-order valence-electron chi connectivity index (χ2n) is 14.3. The Kier molecular flexibility index (Phi) is 2.65. The first-order chi connectivity index (χ1) is 21.1. The minimum absolute atomic E-state index is 0.372. The second kappa shape index (κ2) is 5.68. The monoisotopic (exact) mass is 544 g/mol. The van der Waals surface area contributed by atoms with Crippen molar-refractivity contribution in [1.82, 2.24) is 0 Å². The smallest absolute Gasteiger partial charge is 0.335 e. The molecule has 0 aliphatic heterocycles. The molecule has 10 aromatic rings. The maximum Gasteiger partial charge on any atom is 0.335 e. The van der Waals surface area contributed by atoms with Crippen molar-refractivity contribution in [3.8, 4) is 0 Å². The van der Waals surface area contributed by atoms with Crippen LogP contribution in [0.5, 0.6) is 0 Å². The SMILES string of the molecule is O=C(O)c1ccc2c(c1)CC1c3cc4c5c6c(cc7ccc8cc9c%10c%11c(cc(c%12c3c5c(c%12%11)c3c%10c8c7c63)C1C2)C9)C4. The van der Waals surface area contributed by atoms with Crippen molar-refractivity contribution in [2.75, 3.05) is 0 Å². The lowest BCUT2D eigenvalue weighted by Crippen LogP contribution is -2.25. The number of hydrogen-bond acceptors (Lipinski definition) is 1. The van der Waals surface area contributed by atoms with Crippen LogP contribution in [0.3, 0.4) is 0 Å². The van der Waals surface area contributed by atoms with Crippen molar-refractivity contribution in [2.24, 2.45) is 0 Å². The van der Waals surface area contributed by atoms with Gasteiger partial charge in [0.1, 0.15) is 0 Å². The van der Waals surface area contributed by atoms with Gasteiger partial charge in [-0.1, -0.05) is 42.5 Å². The largest absolute Gasteiger partial charge is 0.478 e. The Morgan fingerprint density at radius 1 is 0.465 bits per heavy atom. The van der Waals surface area contributed by atoms with Crippen molar-refractivity contribution in [3.05, 3.63) is 105 Å². The van der Waals surface area contributed by atoms with Crippen LogP contribution in [0.25, 0.3) is 86.2 Å². The zero-order valence-corrected chi connectivity index (χ0v) is 23.0. The van der Waals surface area contributed by atoms with Gasteiger partial charge >= 0.3 is 5.97 Å². The van der Waals surface area contributed by atoms with E-state index in [0.717, 1.165) is 25.7 Å². The molecule has 2 unspecified atom stereocenters. The van der Waals surface area contributed by atoms with Gasteiger partial charge in [0.05, 0.1) is 5.56 Å². The molecule has 0 heterocycles. The fourth-order valence-electron chi connectivity index (χ4n) is 11.6. The van der Waals surface area contributed by atoms with Crippen LogP contribution in [-0.2, 0) is 25.7 Å². The van der Waals surface area contributed by atoms with E-state index in [2.05, 4.69) is 42.5 Å². The van der Waals surface area contributed by atoms with Crippen LogP contribution in [-0.4, -0.2) is 11.1 Å². The summed E-state index contributed by atoms with van der Waals surface area (Å²) in [6.07, 6.45) is 3.94. The molecule has 0 aromatic heterocycles. The minimum Gasteiger partial charge on any atom is -0.478 e. The maximum atomic E-state index is 11.9. The fourth-order valence-corrected chi connectivity index (χ4v) is 11.6. The molecular weight excluding hydrogens is 524 g/mol. The number of benzene rings is 8. The van der Waals surface area contributed by atoms with E-state index in [4.69, 9.17) is 0 Å². The molecule has 2 nitrogen and oxygen atoms in total. The van der Waals surface area contributed by atoms with Crippen molar-refractivity contribution < 1.29 is 9.90 Å². The predicted octanol–water partition coefficient (Wildman–Crippen LogP) is 9.59. The van der Waals surface area contributed by atoms with Crippen LogP contribution in [0.15, 0.2) is 54.6 Å². The minimum atomic E-state index is -0.831. The highest BCUT2D eigenvalue weighted by Gasteiger charge is 2.43. The number of hydrogen-bond donors (Lipinski definition) is 1. The molecule has 4 aliphatic rings. The van der Waals surface area contributed by atoms with Gasteiger partial charge in [0.25, 0.3) is 0 Å². The Labute approximate surface area is 243 Å². The van der Waals surface area contributed by atoms with E-state index in [1.54, 1.807) is 54.0 Å². The standard InChI is InChI=1S/C41H20O2/c42-41(43)17-4-1-14-10-23-24(11-18(14)7-17)26-13-22-9-20-6-16-3-2-15-5-19-8-21-12-25(23)33-34(26)38-32(22)30(20)36-28(16)27(15)35-29(19)31(21)37(33)40(38)39(35)36/h1-7,12-13,23-24H,8-11H2,(H,42,43). The molecule has 0 saturated carbocycles. The highest BCUT2D eigenvalue weighted by atomic mass is 16.4. The molecule has 4 aliphatic carbocycles. The fraction of sp³-hybridized carbons (Fsp3) is 0.146. The molecule has 0 amide bonds. The lowest BCUT2D eigenvalue weighted by Gasteiger charge is -2.38. The van der Waals surface area contributed by atoms with E-state index in [-0.39, 0.29) is 0 Å². The summed E-state index contributed by atoms with van der Waals surface area (Å²) >= 11 is 0. The maximum absolute atomic E-state index is 11.9. The average Bonchev–Trinajstić information content (AvgIpc) is 3.75. The molecule has 0 radical (unpaired) electrons. The Hall–Kier alpha value is -4.95. The van der Waals surface area contributed by atoms with Crippen molar-refractivity contribution in [3.63, 3.8) is 0 Å². The molecular formula is C41H20O2. The van der Waals surface area contributed by atoms with Crippen molar-refractivity contribution in [2.45, 2.75) is 37.5 Å². The number of carboxylic acids is 1. The summed E-state index contributed by atoms with van der Waals surface area (Å²) in [6, 6.07) is 20.9. The number of aromatic carboxylic acids is 1. The summed E-state index contributed by atoms with van der Waals surface area (Å²) in [6.45, 7) is 0. The molecule has 10 aromatic carbocycles. The molecule has 0 fully saturated rings. The third-order valence-corrected chi connectivity index (χ3v) is 12.8. The molecule has 43 heavy (non-hydrogen) atoms. The van der Waals surface area contributed by atoms with E-state index in [1.165, 1.54) is 76.6 Å². The molecule has 2 heteroatoms. The van der Waals surface area contributed by atoms with E-state index in [1.807, 2.05) is 12.1 Å². The van der Waals surface area contributed by atoms with Crippen LogP contribution in [0.2, 0.25) is 0 Å². The summed E-state index contributed by atoms with van der Waals surface area (Å²) in [7, 11) is 0. The Morgan fingerprint density at radius 3 is 1.47 bits per heavy atom. The van der Waals surface area contributed by atoms with Crippen LogP contribution in [0.1, 0.15) is 66.7 Å². The zero-order valence-electron chi connectivity index (χ0n) is 23.0. The summed E-state index contributed by atoms with van der Waals surface area (Å²) in [5.74, 6) is -0.0400.